The third-order valence-electron chi connectivity index (χ3n) is 5.80. The van der Waals surface area contributed by atoms with Gasteiger partial charge in [0.25, 0.3) is 0 Å². The molecule has 0 spiro atoms. The molecule has 0 heteroatoms. The highest BCUT2D eigenvalue weighted by atomic mass is 14.6. The minimum Gasteiger partial charge on any atom is -0.0947 e. The molecule has 4 aliphatic rings. The van der Waals surface area contributed by atoms with Crippen molar-refractivity contribution in [2.24, 2.45) is 23.2 Å². The molecule has 4 fully saturated rings. The largest absolute Gasteiger partial charge is 0.0947 e. The number of hydrogen-bond donors (Lipinski definition) is 0. The molecule has 0 atom stereocenters. The SMILES string of the molecule is C=C(c1ccccc1)C12CC3CC(CC(C3)C1)C2. The predicted molar refractivity (Wildman–Crippen MR) is 76.1 cm³/mol. The van der Waals surface area contributed by atoms with Gasteiger partial charge >= 0.3 is 0 Å². The van der Waals surface area contributed by atoms with E-state index >= 15 is 0 Å². The van der Waals surface area contributed by atoms with Gasteiger partial charge in [0, 0.05) is 0 Å². The zero-order chi connectivity index (χ0) is 12.2. The van der Waals surface area contributed by atoms with Crippen molar-refractivity contribution in [3.63, 3.8) is 0 Å². The fourth-order valence-electron chi connectivity index (χ4n) is 5.43. The van der Waals surface area contributed by atoms with Gasteiger partial charge in [-0.25, -0.2) is 0 Å². The Hall–Kier alpha value is -1.04. The summed E-state index contributed by atoms with van der Waals surface area (Å²) in [5.74, 6) is 3.03. The Balaban J connectivity index is 1.70. The summed E-state index contributed by atoms with van der Waals surface area (Å²) in [5.41, 5.74) is 3.30. The van der Waals surface area contributed by atoms with Crippen LogP contribution in [0.1, 0.15) is 44.1 Å². The quantitative estimate of drug-likeness (QED) is 0.686. The van der Waals surface area contributed by atoms with E-state index in [-0.39, 0.29) is 0 Å². The number of benzene rings is 1. The summed E-state index contributed by atoms with van der Waals surface area (Å²) in [5, 5.41) is 0. The number of allylic oxidation sites excluding steroid dienone is 1. The molecule has 0 radical (unpaired) electrons. The molecule has 0 aromatic heterocycles. The first-order chi connectivity index (χ1) is 8.75. The Morgan fingerprint density at radius 1 is 0.889 bits per heavy atom. The van der Waals surface area contributed by atoms with Crippen molar-refractivity contribution >= 4 is 5.57 Å². The van der Waals surface area contributed by atoms with Crippen LogP contribution in [0.2, 0.25) is 0 Å². The van der Waals surface area contributed by atoms with Gasteiger partial charge in [-0.2, -0.15) is 0 Å². The minimum absolute atomic E-state index is 0.468. The van der Waals surface area contributed by atoms with Crippen molar-refractivity contribution in [1.82, 2.24) is 0 Å². The Kier molecular flexibility index (Phi) is 2.24. The van der Waals surface area contributed by atoms with Crippen LogP contribution in [0.4, 0.5) is 0 Å². The Morgan fingerprint density at radius 3 is 1.89 bits per heavy atom. The molecule has 0 unspecified atom stereocenters. The molecular formula is C18H22. The lowest BCUT2D eigenvalue weighted by molar-refractivity contribution is -0.0176. The molecule has 4 bridgehead atoms. The van der Waals surface area contributed by atoms with E-state index in [1.165, 1.54) is 49.7 Å². The van der Waals surface area contributed by atoms with Gasteiger partial charge in [0.1, 0.15) is 0 Å². The molecule has 0 N–H and O–H groups in total. The second kappa shape index (κ2) is 3.73. The van der Waals surface area contributed by atoms with Crippen molar-refractivity contribution in [2.75, 3.05) is 0 Å². The monoisotopic (exact) mass is 238 g/mol. The van der Waals surface area contributed by atoms with E-state index in [0.717, 1.165) is 17.8 Å². The number of rotatable bonds is 2. The third kappa shape index (κ3) is 1.51. The summed E-state index contributed by atoms with van der Waals surface area (Å²) < 4.78 is 0. The summed E-state index contributed by atoms with van der Waals surface area (Å²) >= 11 is 0. The van der Waals surface area contributed by atoms with Crippen LogP contribution in [0.25, 0.3) is 5.57 Å². The van der Waals surface area contributed by atoms with E-state index < -0.39 is 0 Å². The lowest BCUT2D eigenvalue weighted by Gasteiger charge is -2.57. The van der Waals surface area contributed by atoms with Gasteiger partial charge in [-0.05, 0) is 72.8 Å². The fourth-order valence-corrected chi connectivity index (χ4v) is 5.43. The Labute approximate surface area is 110 Å². The average Bonchev–Trinajstić information content (AvgIpc) is 2.37. The van der Waals surface area contributed by atoms with Crippen molar-refractivity contribution in [3.05, 3.63) is 42.5 Å². The van der Waals surface area contributed by atoms with Crippen molar-refractivity contribution in [2.45, 2.75) is 38.5 Å². The van der Waals surface area contributed by atoms with Crippen LogP contribution in [-0.4, -0.2) is 0 Å². The first-order valence-corrected chi connectivity index (χ1v) is 7.50. The molecule has 0 amide bonds. The maximum Gasteiger partial charge on any atom is -0.00390 e. The van der Waals surface area contributed by atoms with Crippen LogP contribution in [0.15, 0.2) is 36.9 Å². The summed E-state index contributed by atoms with van der Waals surface area (Å²) in [7, 11) is 0. The van der Waals surface area contributed by atoms with Crippen LogP contribution in [-0.2, 0) is 0 Å². The van der Waals surface area contributed by atoms with Crippen LogP contribution in [0, 0.1) is 23.2 Å². The zero-order valence-corrected chi connectivity index (χ0v) is 11.1. The van der Waals surface area contributed by atoms with E-state index in [9.17, 15) is 0 Å². The molecule has 1 aromatic carbocycles. The molecule has 0 nitrogen and oxygen atoms in total. The second-order valence-corrected chi connectivity index (χ2v) is 7.04. The van der Waals surface area contributed by atoms with E-state index in [1.807, 2.05) is 0 Å². The molecule has 18 heavy (non-hydrogen) atoms. The molecule has 94 valence electrons. The van der Waals surface area contributed by atoms with Gasteiger partial charge in [0.2, 0.25) is 0 Å². The first-order valence-electron chi connectivity index (χ1n) is 7.50. The normalized spacial score (nSPS) is 41.0. The van der Waals surface area contributed by atoms with Crippen LogP contribution in [0.3, 0.4) is 0 Å². The van der Waals surface area contributed by atoms with E-state index in [1.54, 1.807) is 0 Å². The molecule has 0 saturated heterocycles. The van der Waals surface area contributed by atoms with E-state index in [4.69, 9.17) is 0 Å². The summed E-state index contributed by atoms with van der Waals surface area (Å²) in [6, 6.07) is 10.9. The van der Waals surface area contributed by atoms with E-state index in [2.05, 4.69) is 36.9 Å². The minimum atomic E-state index is 0.468. The van der Waals surface area contributed by atoms with Gasteiger partial charge in [0.05, 0.1) is 0 Å². The topological polar surface area (TPSA) is 0 Å². The second-order valence-electron chi connectivity index (χ2n) is 7.04. The van der Waals surface area contributed by atoms with Crippen LogP contribution >= 0.6 is 0 Å². The Morgan fingerprint density at radius 2 is 1.39 bits per heavy atom. The van der Waals surface area contributed by atoms with Gasteiger partial charge in [-0.15, -0.1) is 0 Å². The molecular weight excluding hydrogens is 216 g/mol. The van der Waals surface area contributed by atoms with Gasteiger partial charge in [-0.3, -0.25) is 0 Å². The lowest BCUT2D eigenvalue weighted by Crippen LogP contribution is -2.46. The highest BCUT2D eigenvalue weighted by molar-refractivity contribution is 5.69. The number of hydrogen-bond acceptors (Lipinski definition) is 0. The average molecular weight is 238 g/mol. The lowest BCUT2D eigenvalue weighted by atomic mass is 9.47. The summed E-state index contributed by atoms with van der Waals surface area (Å²) in [6.07, 6.45) is 8.82. The molecule has 5 rings (SSSR count). The van der Waals surface area contributed by atoms with Gasteiger partial charge in [0.15, 0.2) is 0 Å². The van der Waals surface area contributed by atoms with Gasteiger partial charge in [-0.1, -0.05) is 36.9 Å². The standard InChI is InChI=1S/C18H22/c1-13(17-5-3-2-4-6-17)18-10-14-7-15(11-18)9-16(8-14)12-18/h2-6,14-16H,1,7-12H2. The predicted octanol–water partition coefficient (Wildman–Crippen LogP) is 4.92. The molecule has 1 aromatic rings. The van der Waals surface area contributed by atoms with Crippen molar-refractivity contribution in [3.8, 4) is 0 Å². The molecule has 0 heterocycles. The molecule has 0 aliphatic heterocycles. The fraction of sp³-hybridized carbons (Fsp3) is 0.556. The summed E-state index contributed by atoms with van der Waals surface area (Å²) in [4.78, 5) is 0. The smallest absolute Gasteiger partial charge is 0.00390 e. The summed E-state index contributed by atoms with van der Waals surface area (Å²) in [6.45, 7) is 4.51. The third-order valence-corrected chi connectivity index (χ3v) is 5.80. The Bertz CT molecular complexity index is 433. The molecule has 4 saturated carbocycles. The highest BCUT2D eigenvalue weighted by Crippen LogP contribution is 2.63. The first kappa shape index (κ1) is 10.8. The van der Waals surface area contributed by atoms with Crippen LogP contribution in [0.5, 0.6) is 0 Å². The van der Waals surface area contributed by atoms with Crippen molar-refractivity contribution in [1.29, 1.82) is 0 Å². The molecule has 4 aliphatic carbocycles. The zero-order valence-electron chi connectivity index (χ0n) is 11.1. The highest BCUT2D eigenvalue weighted by Gasteiger charge is 2.52. The maximum atomic E-state index is 4.51. The maximum absolute atomic E-state index is 4.51. The van der Waals surface area contributed by atoms with Crippen LogP contribution < -0.4 is 0 Å². The van der Waals surface area contributed by atoms with Crippen molar-refractivity contribution < 1.29 is 0 Å². The van der Waals surface area contributed by atoms with Gasteiger partial charge < -0.3 is 0 Å². The van der Waals surface area contributed by atoms with E-state index in [0.29, 0.717) is 5.41 Å².